The molecule has 2 aliphatic rings. The number of aromatic nitrogens is 2. The third-order valence-corrected chi connectivity index (χ3v) is 7.85. The molecule has 3 aromatic rings. The molecule has 4 heterocycles. The average Bonchev–Trinajstić information content (AvgIpc) is 3.20. The van der Waals surface area contributed by atoms with Gasteiger partial charge in [-0.2, -0.15) is 0 Å². The van der Waals surface area contributed by atoms with Gasteiger partial charge in [-0.3, -0.25) is 18.9 Å². The van der Waals surface area contributed by atoms with Gasteiger partial charge in [0.1, 0.15) is 15.8 Å². The van der Waals surface area contributed by atoms with Crippen LogP contribution >= 0.6 is 24.0 Å². The van der Waals surface area contributed by atoms with Gasteiger partial charge in [-0.25, -0.2) is 4.98 Å². The van der Waals surface area contributed by atoms with Crippen molar-refractivity contribution < 1.29 is 9.53 Å². The Bertz CT molecular complexity index is 1380. The van der Waals surface area contributed by atoms with Crippen LogP contribution in [-0.4, -0.2) is 70.4 Å². The summed E-state index contributed by atoms with van der Waals surface area (Å²) >= 11 is 6.72. The average molecular weight is 536 g/mol. The number of amides is 1. The molecule has 2 aromatic heterocycles. The molecule has 2 fully saturated rings. The SMILES string of the molecule is CCOCCCN1C(=O)C(=Cc2c(N3CCN(c4ccccc4)CC3)nc3ccccn3c2=O)SC1=S. The van der Waals surface area contributed by atoms with E-state index in [0.29, 0.717) is 65.5 Å². The molecule has 1 amide bonds. The Hall–Kier alpha value is -3.21. The highest BCUT2D eigenvalue weighted by Gasteiger charge is 2.33. The zero-order chi connectivity index (χ0) is 25.8. The smallest absolute Gasteiger partial charge is 0.267 e. The maximum atomic E-state index is 13.6. The number of carbonyl (C=O) groups excluding carboxylic acids is 1. The van der Waals surface area contributed by atoms with Gasteiger partial charge in [-0.15, -0.1) is 0 Å². The van der Waals surface area contributed by atoms with E-state index in [9.17, 15) is 9.59 Å². The van der Waals surface area contributed by atoms with E-state index in [4.69, 9.17) is 21.9 Å². The zero-order valence-corrected chi connectivity index (χ0v) is 22.3. The zero-order valence-electron chi connectivity index (χ0n) is 20.7. The molecule has 192 valence electrons. The van der Waals surface area contributed by atoms with Gasteiger partial charge in [-0.05, 0) is 43.7 Å². The minimum atomic E-state index is -0.201. The minimum Gasteiger partial charge on any atom is -0.382 e. The number of rotatable bonds is 8. The Morgan fingerprint density at radius 2 is 1.76 bits per heavy atom. The molecule has 0 saturated carbocycles. The molecular formula is C27H29N5O3S2. The topological polar surface area (TPSA) is 70.4 Å². The van der Waals surface area contributed by atoms with Gasteiger partial charge in [0.05, 0.1) is 10.5 Å². The summed E-state index contributed by atoms with van der Waals surface area (Å²) in [6.45, 7) is 6.68. The van der Waals surface area contributed by atoms with Crippen LogP contribution in [-0.2, 0) is 9.53 Å². The number of nitrogens with zero attached hydrogens (tertiary/aromatic N) is 5. The summed E-state index contributed by atoms with van der Waals surface area (Å²) in [6.07, 6.45) is 4.08. The van der Waals surface area contributed by atoms with Crippen LogP contribution in [0.15, 0.2) is 64.4 Å². The van der Waals surface area contributed by atoms with E-state index in [1.54, 1.807) is 23.2 Å². The standard InChI is InChI=1S/C27H29N5O3S2/c1-2-35-18-8-13-32-26(34)22(37-27(32)36)19-21-24(28-23-11-6-7-12-31(23)25(21)33)30-16-14-29(15-17-30)20-9-4-3-5-10-20/h3-7,9-12,19H,2,8,13-18H2,1H3. The second kappa shape index (κ2) is 11.5. The number of anilines is 2. The van der Waals surface area contributed by atoms with Gasteiger partial charge in [-0.1, -0.05) is 48.2 Å². The first-order chi connectivity index (χ1) is 18.1. The molecule has 1 aromatic carbocycles. The van der Waals surface area contributed by atoms with Crippen molar-refractivity contribution >= 4 is 57.4 Å². The van der Waals surface area contributed by atoms with Crippen molar-refractivity contribution in [3.05, 3.63) is 75.6 Å². The predicted octanol–water partition coefficient (Wildman–Crippen LogP) is 3.65. The van der Waals surface area contributed by atoms with Crippen molar-refractivity contribution in [2.45, 2.75) is 13.3 Å². The molecule has 37 heavy (non-hydrogen) atoms. The maximum Gasteiger partial charge on any atom is 0.267 e. The molecule has 0 radical (unpaired) electrons. The Morgan fingerprint density at radius 3 is 2.51 bits per heavy atom. The number of benzene rings is 1. The Morgan fingerprint density at radius 1 is 1.03 bits per heavy atom. The van der Waals surface area contributed by atoms with Crippen LogP contribution in [0.4, 0.5) is 11.5 Å². The van der Waals surface area contributed by atoms with Gasteiger partial charge in [0.15, 0.2) is 0 Å². The molecule has 10 heteroatoms. The van der Waals surface area contributed by atoms with Gasteiger partial charge in [0.2, 0.25) is 0 Å². The summed E-state index contributed by atoms with van der Waals surface area (Å²) in [6, 6.07) is 15.8. The van der Waals surface area contributed by atoms with E-state index in [1.807, 2.05) is 37.3 Å². The van der Waals surface area contributed by atoms with Gasteiger partial charge < -0.3 is 14.5 Å². The summed E-state index contributed by atoms with van der Waals surface area (Å²) in [5.74, 6) is 0.425. The number of pyridine rings is 1. The van der Waals surface area contributed by atoms with Crippen molar-refractivity contribution in [3.63, 3.8) is 0 Å². The fourth-order valence-electron chi connectivity index (χ4n) is 4.57. The highest BCUT2D eigenvalue weighted by molar-refractivity contribution is 8.26. The highest BCUT2D eigenvalue weighted by atomic mass is 32.2. The molecular weight excluding hydrogens is 506 g/mol. The fraction of sp³-hybridized carbons (Fsp3) is 0.333. The minimum absolute atomic E-state index is 0.177. The lowest BCUT2D eigenvalue weighted by molar-refractivity contribution is -0.122. The van der Waals surface area contributed by atoms with Gasteiger partial charge >= 0.3 is 0 Å². The number of hydrogen-bond acceptors (Lipinski definition) is 8. The van der Waals surface area contributed by atoms with Crippen LogP contribution in [0.1, 0.15) is 18.9 Å². The number of hydrogen-bond donors (Lipinski definition) is 0. The van der Waals surface area contributed by atoms with Crippen molar-refractivity contribution in [1.82, 2.24) is 14.3 Å². The van der Waals surface area contributed by atoms with Gasteiger partial charge in [0, 0.05) is 57.8 Å². The lowest BCUT2D eigenvalue weighted by Crippen LogP contribution is -2.47. The second-order valence-corrected chi connectivity index (χ2v) is 10.5. The summed E-state index contributed by atoms with van der Waals surface area (Å²) in [5.41, 5.74) is 1.97. The fourth-order valence-corrected chi connectivity index (χ4v) is 5.86. The van der Waals surface area contributed by atoms with Crippen molar-refractivity contribution in [3.8, 4) is 0 Å². The third-order valence-electron chi connectivity index (χ3n) is 6.47. The Balaban J connectivity index is 1.45. The van der Waals surface area contributed by atoms with E-state index in [0.717, 1.165) is 13.1 Å². The largest absolute Gasteiger partial charge is 0.382 e. The Kier molecular flexibility index (Phi) is 7.87. The van der Waals surface area contributed by atoms with E-state index >= 15 is 0 Å². The van der Waals surface area contributed by atoms with Crippen LogP contribution in [0.2, 0.25) is 0 Å². The molecule has 8 nitrogen and oxygen atoms in total. The summed E-state index contributed by atoms with van der Waals surface area (Å²) in [5, 5.41) is 0. The molecule has 0 atom stereocenters. The van der Waals surface area contributed by atoms with Crippen molar-refractivity contribution in [1.29, 1.82) is 0 Å². The monoisotopic (exact) mass is 535 g/mol. The molecule has 5 rings (SSSR count). The number of carbonyl (C=O) groups is 1. The first kappa shape index (κ1) is 25.4. The number of fused-ring (bicyclic) bond motifs is 1. The lowest BCUT2D eigenvalue weighted by atomic mass is 10.2. The normalized spacial score (nSPS) is 17.4. The van der Waals surface area contributed by atoms with Crippen molar-refractivity contribution in [2.24, 2.45) is 0 Å². The van der Waals surface area contributed by atoms with E-state index in [2.05, 4.69) is 21.9 Å². The first-order valence-corrected chi connectivity index (χ1v) is 13.7. The highest BCUT2D eigenvalue weighted by Crippen LogP contribution is 2.34. The first-order valence-electron chi connectivity index (χ1n) is 12.5. The summed E-state index contributed by atoms with van der Waals surface area (Å²) in [7, 11) is 0. The number of thioether (sulfide) groups is 1. The molecule has 2 aliphatic heterocycles. The number of piperazine rings is 1. The van der Waals surface area contributed by atoms with Crippen LogP contribution in [0, 0.1) is 0 Å². The maximum absolute atomic E-state index is 13.6. The quantitative estimate of drug-likeness (QED) is 0.246. The van der Waals surface area contributed by atoms with Crippen LogP contribution in [0.5, 0.6) is 0 Å². The second-order valence-electron chi connectivity index (χ2n) is 8.78. The number of para-hydroxylation sites is 1. The summed E-state index contributed by atoms with van der Waals surface area (Å²) < 4.78 is 7.42. The lowest BCUT2D eigenvalue weighted by Gasteiger charge is -2.37. The molecule has 0 bridgehead atoms. The summed E-state index contributed by atoms with van der Waals surface area (Å²) in [4.78, 5) is 38.2. The molecule has 0 unspecified atom stereocenters. The Labute approximate surface area is 225 Å². The number of ether oxygens (including phenoxy) is 1. The molecule has 0 spiro atoms. The predicted molar refractivity (Wildman–Crippen MR) is 153 cm³/mol. The van der Waals surface area contributed by atoms with E-state index in [1.165, 1.54) is 21.8 Å². The number of thiocarbonyl (C=S) groups is 1. The molecule has 0 N–H and O–H groups in total. The van der Waals surface area contributed by atoms with Crippen LogP contribution in [0.25, 0.3) is 11.7 Å². The van der Waals surface area contributed by atoms with Crippen LogP contribution in [0.3, 0.4) is 0 Å². The van der Waals surface area contributed by atoms with Gasteiger partial charge in [0.25, 0.3) is 11.5 Å². The van der Waals surface area contributed by atoms with Crippen LogP contribution < -0.4 is 15.4 Å². The van der Waals surface area contributed by atoms with E-state index in [-0.39, 0.29) is 11.5 Å². The van der Waals surface area contributed by atoms with Crippen molar-refractivity contribution in [2.75, 3.05) is 55.7 Å². The molecule has 2 saturated heterocycles. The third kappa shape index (κ3) is 5.41. The molecule has 0 aliphatic carbocycles. The van der Waals surface area contributed by atoms with E-state index < -0.39 is 0 Å².